The fraction of sp³-hybridized carbons (Fsp3) is 0.500. The van der Waals surface area contributed by atoms with Gasteiger partial charge in [-0.25, -0.2) is 8.42 Å². The van der Waals surface area contributed by atoms with E-state index in [4.69, 9.17) is 11.6 Å². The molecule has 0 spiro atoms. The van der Waals surface area contributed by atoms with Crippen LogP contribution >= 0.6 is 11.6 Å². The molecule has 0 fully saturated rings. The molecule has 1 N–H and O–H groups in total. The molecular formula is C10H15ClN2O2S. The first-order valence-electron chi connectivity index (χ1n) is 4.86. The van der Waals surface area contributed by atoms with E-state index in [0.717, 1.165) is 5.56 Å². The zero-order chi connectivity index (χ0) is 12.2. The normalized spacial score (nSPS) is 13.7. The molecule has 1 aromatic heterocycles. The molecule has 1 heterocycles. The number of sulfone groups is 1. The summed E-state index contributed by atoms with van der Waals surface area (Å²) in [6, 6.07) is 1.67. The van der Waals surface area contributed by atoms with Crippen LogP contribution in [0.3, 0.4) is 0 Å². The minimum atomic E-state index is -2.99. The van der Waals surface area contributed by atoms with E-state index >= 15 is 0 Å². The van der Waals surface area contributed by atoms with Crippen LogP contribution in [0.5, 0.6) is 0 Å². The lowest BCUT2D eigenvalue weighted by molar-refractivity contribution is 0.567. The van der Waals surface area contributed by atoms with Gasteiger partial charge in [-0.3, -0.25) is 4.98 Å². The van der Waals surface area contributed by atoms with E-state index in [0.29, 0.717) is 11.4 Å². The number of halogens is 1. The molecule has 0 aliphatic carbocycles. The lowest BCUT2D eigenvalue weighted by atomic mass is 10.1. The highest BCUT2D eigenvalue weighted by Gasteiger charge is 2.15. The number of rotatable bonds is 5. The summed E-state index contributed by atoms with van der Waals surface area (Å²) in [5.74, 6) is 0.0994. The molecular weight excluding hydrogens is 248 g/mol. The summed E-state index contributed by atoms with van der Waals surface area (Å²) in [7, 11) is -1.25. The maximum atomic E-state index is 11.2. The topological polar surface area (TPSA) is 59.1 Å². The molecule has 0 saturated carbocycles. The number of pyridine rings is 1. The predicted octanol–water partition coefficient (Wildman–Crippen LogP) is 0.910. The lowest BCUT2D eigenvalue weighted by Gasteiger charge is -2.15. The molecule has 0 saturated heterocycles. The third-order valence-corrected chi connectivity index (χ3v) is 3.58. The molecule has 1 atom stereocenters. The molecule has 90 valence electrons. The van der Waals surface area contributed by atoms with Crippen molar-refractivity contribution in [3.05, 3.63) is 29.0 Å². The van der Waals surface area contributed by atoms with Gasteiger partial charge in [0.25, 0.3) is 0 Å². The molecule has 1 rings (SSSR count). The van der Waals surface area contributed by atoms with Crippen LogP contribution in [0.2, 0.25) is 5.02 Å². The molecule has 0 amide bonds. The van der Waals surface area contributed by atoms with E-state index in [9.17, 15) is 8.42 Å². The summed E-state index contributed by atoms with van der Waals surface area (Å²) in [6.07, 6.45) is 5.01. The molecule has 0 aliphatic rings. The average molecular weight is 263 g/mol. The Labute approximate surface area is 101 Å². The minimum Gasteiger partial charge on any atom is -0.316 e. The van der Waals surface area contributed by atoms with E-state index in [2.05, 4.69) is 10.3 Å². The van der Waals surface area contributed by atoms with E-state index in [1.54, 1.807) is 25.5 Å². The Hall–Kier alpha value is -0.650. The fourth-order valence-corrected chi connectivity index (χ4v) is 2.66. The predicted molar refractivity (Wildman–Crippen MR) is 65.5 cm³/mol. The number of hydrogen-bond donors (Lipinski definition) is 1. The summed E-state index contributed by atoms with van der Waals surface area (Å²) < 4.78 is 22.4. The highest BCUT2D eigenvalue weighted by Crippen LogP contribution is 2.15. The van der Waals surface area contributed by atoms with Crippen molar-refractivity contribution in [2.45, 2.75) is 12.5 Å². The largest absolute Gasteiger partial charge is 0.316 e. The molecule has 0 bridgehead atoms. The van der Waals surface area contributed by atoms with Crippen LogP contribution in [0.25, 0.3) is 0 Å². The quantitative estimate of drug-likeness (QED) is 0.857. The van der Waals surface area contributed by atoms with Gasteiger partial charge in [-0.15, -0.1) is 0 Å². The fourth-order valence-electron chi connectivity index (χ4n) is 1.44. The maximum Gasteiger partial charge on any atom is 0.148 e. The van der Waals surface area contributed by atoms with E-state index < -0.39 is 9.84 Å². The van der Waals surface area contributed by atoms with Crippen molar-refractivity contribution >= 4 is 21.4 Å². The van der Waals surface area contributed by atoms with Gasteiger partial charge in [-0.1, -0.05) is 11.6 Å². The lowest BCUT2D eigenvalue weighted by Crippen LogP contribution is -2.34. The molecule has 4 nitrogen and oxygen atoms in total. The van der Waals surface area contributed by atoms with E-state index in [1.807, 2.05) is 0 Å². The van der Waals surface area contributed by atoms with Crippen LogP contribution in [0, 0.1) is 0 Å². The van der Waals surface area contributed by atoms with Crippen LogP contribution in [0.15, 0.2) is 18.5 Å². The van der Waals surface area contributed by atoms with Gasteiger partial charge in [0.15, 0.2) is 0 Å². The second-order valence-corrected chi connectivity index (χ2v) is 6.34. The summed E-state index contributed by atoms with van der Waals surface area (Å²) in [5.41, 5.74) is 0.902. The zero-order valence-electron chi connectivity index (χ0n) is 9.27. The number of hydrogen-bond acceptors (Lipinski definition) is 4. The third-order valence-electron chi connectivity index (χ3n) is 2.23. The van der Waals surface area contributed by atoms with Crippen molar-refractivity contribution in [3.63, 3.8) is 0 Å². The van der Waals surface area contributed by atoms with Gasteiger partial charge >= 0.3 is 0 Å². The van der Waals surface area contributed by atoms with Gasteiger partial charge in [0.1, 0.15) is 9.84 Å². The molecule has 1 unspecified atom stereocenters. The second kappa shape index (κ2) is 5.61. The van der Waals surface area contributed by atoms with Crippen molar-refractivity contribution in [2.75, 3.05) is 19.1 Å². The third kappa shape index (κ3) is 4.47. The van der Waals surface area contributed by atoms with E-state index in [-0.39, 0.29) is 11.8 Å². The molecule has 16 heavy (non-hydrogen) atoms. The summed E-state index contributed by atoms with van der Waals surface area (Å²) in [4.78, 5) is 3.88. The SMILES string of the molecule is CNC(Cc1ccncc1Cl)CS(C)(=O)=O. The van der Waals surface area contributed by atoms with Crippen LogP contribution in [-0.4, -0.2) is 38.5 Å². The van der Waals surface area contributed by atoms with E-state index in [1.165, 1.54) is 6.26 Å². The highest BCUT2D eigenvalue weighted by molar-refractivity contribution is 7.90. The first-order chi connectivity index (χ1) is 7.42. The van der Waals surface area contributed by atoms with Gasteiger partial charge < -0.3 is 5.32 Å². The highest BCUT2D eigenvalue weighted by atomic mass is 35.5. The standard InChI is InChI=1S/C10H15ClN2O2S/c1-12-9(7-16(2,14)15)5-8-3-4-13-6-10(8)11/h3-4,6,9,12H,5,7H2,1-2H3. The Balaban J connectivity index is 2.75. The van der Waals surface area contributed by atoms with Crippen LogP contribution in [-0.2, 0) is 16.3 Å². The van der Waals surface area contributed by atoms with Gasteiger partial charge in [-0.2, -0.15) is 0 Å². The molecule has 0 radical (unpaired) electrons. The summed E-state index contributed by atoms with van der Waals surface area (Å²) in [6.45, 7) is 0. The van der Waals surface area contributed by atoms with Gasteiger partial charge in [0.2, 0.25) is 0 Å². The van der Waals surface area contributed by atoms with Crippen LogP contribution in [0.4, 0.5) is 0 Å². The zero-order valence-corrected chi connectivity index (χ0v) is 10.8. The van der Waals surface area contributed by atoms with Gasteiger partial charge in [0, 0.05) is 24.7 Å². The maximum absolute atomic E-state index is 11.2. The van der Waals surface area contributed by atoms with Crippen molar-refractivity contribution in [3.8, 4) is 0 Å². The Kier molecular flexibility index (Phi) is 4.70. The van der Waals surface area contributed by atoms with Crippen molar-refractivity contribution < 1.29 is 8.42 Å². The molecule has 0 aliphatic heterocycles. The first kappa shape index (κ1) is 13.4. The van der Waals surface area contributed by atoms with Gasteiger partial charge in [0.05, 0.1) is 10.8 Å². The average Bonchev–Trinajstić information content (AvgIpc) is 2.18. The smallest absolute Gasteiger partial charge is 0.148 e. The monoisotopic (exact) mass is 262 g/mol. The Bertz CT molecular complexity index is 448. The minimum absolute atomic E-state index is 0.0994. The second-order valence-electron chi connectivity index (χ2n) is 3.75. The molecule has 6 heteroatoms. The summed E-state index contributed by atoms with van der Waals surface area (Å²) in [5, 5.41) is 3.54. The number of likely N-dealkylation sites (N-methyl/N-ethyl adjacent to an activating group) is 1. The van der Waals surface area contributed by atoms with Crippen LogP contribution < -0.4 is 5.32 Å². The number of nitrogens with zero attached hydrogens (tertiary/aromatic N) is 1. The molecule has 0 aromatic carbocycles. The Morgan fingerprint density at radius 3 is 2.75 bits per heavy atom. The number of aromatic nitrogens is 1. The van der Waals surface area contributed by atoms with Crippen molar-refractivity contribution in [1.82, 2.24) is 10.3 Å². The van der Waals surface area contributed by atoms with Crippen LogP contribution in [0.1, 0.15) is 5.56 Å². The van der Waals surface area contributed by atoms with Crippen molar-refractivity contribution in [1.29, 1.82) is 0 Å². The number of nitrogens with one attached hydrogen (secondary N) is 1. The van der Waals surface area contributed by atoms with Crippen molar-refractivity contribution in [2.24, 2.45) is 0 Å². The van der Waals surface area contributed by atoms with Gasteiger partial charge in [-0.05, 0) is 25.1 Å². The Morgan fingerprint density at radius 2 is 2.25 bits per heavy atom. The molecule has 1 aromatic rings. The Morgan fingerprint density at radius 1 is 1.56 bits per heavy atom. The summed E-state index contributed by atoms with van der Waals surface area (Å²) >= 11 is 5.96. The first-order valence-corrected chi connectivity index (χ1v) is 7.29.